The molecule has 2 aliphatic carbocycles. The summed E-state index contributed by atoms with van der Waals surface area (Å²) in [4.78, 5) is 11.7. The zero-order valence-electron chi connectivity index (χ0n) is 14.1. The smallest absolute Gasteiger partial charge is 0.407 e. The van der Waals surface area contributed by atoms with Gasteiger partial charge in [0.15, 0.2) is 0 Å². The van der Waals surface area contributed by atoms with E-state index < -0.39 is 5.60 Å². The molecule has 0 aromatic carbocycles. The number of alkyl carbamates (subject to hydrolysis) is 1. The van der Waals surface area contributed by atoms with Crippen LogP contribution in [0, 0.1) is 17.8 Å². The van der Waals surface area contributed by atoms with Crippen molar-refractivity contribution in [3.63, 3.8) is 0 Å². The second kappa shape index (κ2) is 6.99. The molecule has 2 saturated carbocycles. The van der Waals surface area contributed by atoms with Crippen molar-refractivity contribution in [3.8, 4) is 0 Å². The predicted octanol–water partition coefficient (Wildman–Crippen LogP) is 3.32. The number of carbonyl (C=O) groups is 1. The van der Waals surface area contributed by atoms with Crippen molar-refractivity contribution < 1.29 is 9.53 Å². The monoisotopic (exact) mass is 296 g/mol. The van der Waals surface area contributed by atoms with Crippen molar-refractivity contribution in [1.82, 2.24) is 10.6 Å². The van der Waals surface area contributed by atoms with Gasteiger partial charge in [-0.05, 0) is 70.8 Å². The summed E-state index contributed by atoms with van der Waals surface area (Å²) in [5.41, 5.74) is -0.420. The Balaban J connectivity index is 1.67. The zero-order valence-corrected chi connectivity index (χ0v) is 14.1. The van der Waals surface area contributed by atoms with Crippen LogP contribution in [-0.4, -0.2) is 30.8 Å². The minimum Gasteiger partial charge on any atom is -0.444 e. The van der Waals surface area contributed by atoms with E-state index in [1.165, 1.54) is 32.1 Å². The highest BCUT2D eigenvalue weighted by Crippen LogP contribution is 2.36. The van der Waals surface area contributed by atoms with Crippen LogP contribution in [0.25, 0.3) is 0 Å². The Bertz CT molecular complexity index is 347. The minimum absolute atomic E-state index is 0.292. The van der Waals surface area contributed by atoms with Gasteiger partial charge in [0.2, 0.25) is 0 Å². The SMILES string of the molecule is CC(CNC1CCCC1CNC(=O)OC(C)(C)C)C1CC1. The summed E-state index contributed by atoms with van der Waals surface area (Å²) in [6.07, 6.45) is 6.23. The molecule has 0 spiro atoms. The lowest BCUT2D eigenvalue weighted by molar-refractivity contribution is 0.0517. The Morgan fingerprint density at radius 1 is 1.24 bits per heavy atom. The Morgan fingerprint density at radius 2 is 1.95 bits per heavy atom. The van der Waals surface area contributed by atoms with Crippen molar-refractivity contribution in [3.05, 3.63) is 0 Å². The van der Waals surface area contributed by atoms with Crippen LogP contribution in [0.5, 0.6) is 0 Å². The first kappa shape index (κ1) is 16.6. The summed E-state index contributed by atoms with van der Waals surface area (Å²) >= 11 is 0. The number of rotatable bonds is 6. The van der Waals surface area contributed by atoms with Crippen LogP contribution in [0.1, 0.15) is 59.8 Å². The van der Waals surface area contributed by atoms with E-state index in [0.717, 1.165) is 24.9 Å². The summed E-state index contributed by atoms with van der Waals surface area (Å²) < 4.78 is 5.30. The van der Waals surface area contributed by atoms with Gasteiger partial charge in [0.25, 0.3) is 0 Å². The molecule has 2 fully saturated rings. The second-order valence-electron chi connectivity index (χ2n) is 7.90. The molecule has 0 bridgehead atoms. The van der Waals surface area contributed by atoms with Gasteiger partial charge >= 0.3 is 6.09 Å². The standard InChI is InChI=1S/C17H32N2O2/c1-12(13-8-9-13)10-18-15-7-5-6-14(15)11-19-16(20)21-17(2,3)4/h12-15,18H,5-11H2,1-4H3,(H,19,20). The van der Waals surface area contributed by atoms with Crippen LogP contribution >= 0.6 is 0 Å². The second-order valence-corrected chi connectivity index (χ2v) is 7.90. The van der Waals surface area contributed by atoms with Crippen molar-refractivity contribution in [2.24, 2.45) is 17.8 Å². The van der Waals surface area contributed by atoms with E-state index in [2.05, 4.69) is 17.6 Å². The van der Waals surface area contributed by atoms with E-state index >= 15 is 0 Å². The highest BCUT2D eigenvalue weighted by molar-refractivity contribution is 5.67. The number of hydrogen-bond donors (Lipinski definition) is 2. The first-order valence-corrected chi connectivity index (χ1v) is 8.55. The van der Waals surface area contributed by atoms with Gasteiger partial charge in [-0.25, -0.2) is 4.79 Å². The van der Waals surface area contributed by atoms with Crippen LogP contribution in [0.3, 0.4) is 0 Å². The largest absolute Gasteiger partial charge is 0.444 e. The first-order chi connectivity index (χ1) is 9.85. The van der Waals surface area contributed by atoms with Crippen molar-refractivity contribution in [2.75, 3.05) is 13.1 Å². The minimum atomic E-state index is -0.420. The van der Waals surface area contributed by atoms with E-state index in [1.807, 2.05) is 20.8 Å². The lowest BCUT2D eigenvalue weighted by Gasteiger charge is -2.24. The van der Waals surface area contributed by atoms with Gasteiger partial charge in [-0.2, -0.15) is 0 Å². The average molecular weight is 296 g/mol. The Hall–Kier alpha value is -0.770. The molecule has 21 heavy (non-hydrogen) atoms. The van der Waals surface area contributed by atoms with E-state index in [-0.39, 0.29) is 6.09 Å². The molecular formula is C17H32N2O2. The molecule has 2 rings (SSSR count). The van der Waals surface area contributed by atoms with Crippen molar-refractivity contribution in [1.29, 1.82) is 0 Å². The van der Waals surface area contributed by atoms with Crippen molar-refractivity contribution >= 4 is 6.09 Å². The van der Waals surface area contributed by atoms with Crippen LogP contribution in [0.4, 0.5) is 4.79 Å². The van der Waals surface area contributed by atoms with E-state index in [9.17, 15) is 4.79 Å². The topological polar surface area (TPSA) is 50.4 Å². The number of hydrogen-bond acceptors (Lipinski definition) is 3. The summed E-state index contributed by atoms with van der Waals surface area (Å²) in [6.45, 7) is 9.89. The average Bonchev–Trinajstić information content (AvgIpc) is 3.12. The molecule has 2 aliphatic rings. The maximum absolute atomic E-state index is 11.7. The Morgan fingerprint density at radius 3 is 2.57 bits per heavy atom. The van der Waals surface area contributed by atoms with Gasteiger partial charge in [-0.3, -0.25) is 0 Å². The predicted molar refractivity (Wildman–Crippen MR) is 85.3 cm³/mol. The van der Waals surface area contributed by atoms with E-state index in [4.69, 9.17) is 4.74 Å². The van der Waals surface area contributed by atoms with Crippen LogP contribution < -0.4 is 10.6 Å². The summed E-state index contributed by atoms with van der Waals surface area (Å²) in [5, 5.41) is 6.67. The lowest BCUT2D eigenvalue weighted by atomic mass is 10.0. The third-order valence-corrected chi connectivity index (χ3v) is 4.70. The van der Waals surface area contributed by atoms with Crippen LogP contribution in [-0.2, 0) is 4.74 Å². The van der Waals surface area contributed by atoms with Gasteiger partial charge in [0.1, 0.15) is 5.60 Å². The van der Waals surface area contributed by atoms with Crippen molar-refractivity contribution in [2.45, 2.75) is 71.4 Å². The number of nitrogens with one attached hydrogen (secondary N) is 2. The number of carbonyl (C=O) groups excluding carboxylic acids is 1. The third kappa shape index (κ3) is 5.85. The summed E-state index contributed by atoms with van der Waals surface area (Å²) in [6, 6.07) is 0.557. The zero-order chi connectivity index (χ0) is 15.5. The molecular weight excluding hydrogens is 264 g/mol. The quantitative estimate of drug-likeness (QED) is 0.790. The van der Waals surface area contributed by atoms with Gasteiger partial charge in [-0.15, -0.1) is 0 Å². The van der Waals surface area contributed by atoms with Crippen LogP contribution in [0.15, 0.2) is 0 Å². The van der Waals surface area contributed by atoms with Gasteiger partial charge in [-0.1, -0.05) is 13.3 Å². The molecule has 122 valence electrons. The summed E-state index contributed by atoms with van der Waals surface area (Å²) in [5.74, 6) is 2.30. The third-order valence-electron chi connectivity index (χ3n) is 4.70. The fourth-order valence-electron chi connectivity index (χ4n) is 3.25. The molecule has 0 radical (unpaired) electrons. The normalized spacial score (nSPS) is 27.4. The number of amides is 1. The van der Waals surface area contributed by atoms with Crippen LogP contribution in [0.2, 0.25) is 0 Å². The van der Waals surface area contributed by atoms with E-state index in [1.54, 1.807) is 0 Å². The molecule has 0 aromatic rings. The summed E-state index contributed by atoms with van der Waals surface area (Å²) in [7, 11) is 0. The highest BCUT2D eigenvalue weighted by atomic mass is 16.6. The Labute approximate surface area is 129 Å². The molecule has 0 aromatic heterocycles. The molecule has 0 heterocycles. The fraction of sp³-hybridized carbons (Fsp3) is 0.941. The maximum atomic E-state index is 11.7. The lowest BCUT2D eigenvalue weighted by Crippen LogP contribution is -2.42. The molecule has 2 N–H and O–H groups in total. The number of ether oxygens (including phenoxy) is 1. The molecule has 1 amide bonds. The van der Waals surface area contributed by atoms with E-state index in [0.29, 0.717) is 12.0 Å². The Kier molecular flexibility index (Phi) is 5.53. The molecule has 3 unspecified atom stereocenters. The van der Waals surface area contributed by atoms with Gasteiger partial charge in [0.05, 0.1) is 0 Å². The first-order valence-electron chi connectivity index (χ1n) is 8.55. The maximum Gasteiger partial charge on any atom is 0.407 e. The molecule has 4 heteroatoms. The highest BCUT2D eigenvalue weighted by Gasteiger charge is 2.31. The van der Waals surface area contributed by atoms with Gasteiger partial charge < -0.3 is 15.4 Å². The molecule has 0 aliphatic heterocycles. The fourth-order valence-corrected chi connectivity index (χ4v) is 3.25. The molecule has 3 atom stereocenters. The van der Waals surface area contributed by atoms with Gasteiger partial charge in [0, 0.05) is 12.6 Å². The molecule has 0 saturated heterocycles. The molecule has 4 nitrogen and oxygen atoms in total.